The van der Waals surface area contributed by atoms with Crippen molar-refractivity contribution in [2.24, 2.45) is 0 Å². The number of carbonyl (C=O) groups excluding carboxylic acids is 1. The molecule has 0 saturated carbocycles. The van der Waals surface area contributed by atoms with Crippen molar-refractivity contribution in [3.63, 3.8) is 0 Å². The summed E-state index contributed by atoms with van der Waals surface area (Å²) >= 11 is 0. The molecule has 112 valence electrons. The van der Waals surface area contributed by atoms with Gasteiger partial charge in [-0.15, -0.1) is 0 Å². The van der Waals surface area contributed by atoms with E-state index in [0.29, 0.717) is 24.6 Å². The molecule has 1 amide bonds. The summed E-state index contributed by atoms with van der Waals surface area (Å²) in [5.74, 6) is 0.307. The van der Waals surface area contributed by atoms with E-state index in [1.54, 1.807) is 17.3 Å². The summed E-state index contributed by atoms with van der Waals surface area (Å²) in [6, 6.07) is 4.10. The number of carbonyl (C=O) groups is 1. The average Bonchev–Trinajstić information content (AvgIpc) is 2.45. The van der Waals surface area contributed by atoms with Gasteiger partial charge in [-0.05, 0) is 51.2 Å². The zero-order chi connectivity index (χ0) is 15.5. The van der Waals surface area contributed by atoms with Gasteiger partial charge in [0, 0.05) is 25.5 Å². The number of aromatic nitrogens is 1. The molecular weight excluding hydrogens is 266 g/mol. The third kappa shape index (κ3) is 3.94. The van der Waals surface area contributed by atoms with Crippen LogP contribution in [0.4, 0.5) is 4.79 Å². The molecule has 0 radical (unpaired) electrons. The van der Waals surface area contributed by atoms with E-state index < -0.39 is 5.60 Å². The van der Waals surface area contributed by atoms with Gasteiger partial charge in [0.1, 0.15) is 11.7 Å². The van der Waals surface area contributed by atoms with Gasteiger partial charge in [0.2, 0.25) is 0 Å². The third-order valence-corrected chi connectivity index (χ3v) is 3.56. The second kappa shape index (κ2) is 6.13. The first-order valence-electron chi connectivity index (χ1n) is 7.22. The maximum Gasteiger partial charge on any atom is 0.410 e. The number of pyridine rings is 1. The lowest BCUT2D eigenvalue weighted by atomic mass is 9.88. The summed E-state index contributed by atoms with van der Waals surface area (Å²) in [5, 5.41) is 9.14. The Morgan fingerprint density at radius 1 is 1.43 bits per heavy atom. The van der Waals surface area contributed by atoms with E-state index in [4.69, 9.17) is 10.00 Å². The summed E-state index contributed by atoms with van der Waals surface area (Å²) in [7, 11) is 0. The van der Waals surface area contributed by atoms with E-state index in [0.717, 1.165) is 18.4 Å². The van der Waals surface area contributed by atoms with Gasteiger partial charge in [0.25, 0.3) is 0 Å². The number of piperidine rings is 1. The zero-order valence-electron chi connectivity index (χ0n) is 12.8. The average molecular weight is 287 g/mol. The first kappa shape index (κ1) is 15.3. The van der Waals surface area contributed by atoms with E-state index >= 15 is 0 Å². The molecule has 2 heterocycles. The highest BCUT2D eigenvalue weighted by Crippen LogP contribution is 2.30. The number of nitrogens with zero attached hydrogens (tertiary/aromatic N) is 3. The Hall–Kier alpha value is -2.09. The molecule has 1 aromatic heterocycles. The number of hydrogen-bond acceptors (Lipinski definition) is 4. The van der Waals surface area contributed by atoms with Crippen LogP contribution in [0.5, 0.6) is 0 Å². The van der Waals surface area contributed by atoms with Crippen LogP contribution in [0, 0.1) is 11.3 Å². The summed E-state index contributed by atoms with van der Waals surface area (Å²) in [6.45, 7) is 6.93. The fraction of sp³-hybridized carbons (Fsp3) is 0.562. The minimum atomic E-state index is -0.465. The summed E-state index contributed by atoms with van der Waals surface area (Å²) in [6.07, 6.45) is 4.76. The van der Waals surface area contributed by atoms with E-state index in [-0.39, 0.29) is 6.09 Å². The number of likely N-dealkylation sites (tertiary alicyclic amines) is 1. The van der Waals surface area contributed by atoms with Crippen molar-refractivity contribution < 1.29 is 9.53 Å². The maximum atomic E-state index is 12.0. The highest BCUT2D eigenvalue weighted by Gasteiger charge is 2.28. The number of nitriles is 1. The fourth-order valence-electron chi connectivity index (χ4n) is 2.55. The van der Waals surface area contributed by atoms with Crippen LogP contribution in [0.2, 0.25) is 0 Å². The Morgan fingerprint density at radius 3 is 2.67 bits per heavy atom. The van der Waals surface area contributed by atoms with E-state index in [9.17, 15) is 4.79 Å². The molecule has 0 bridgehead atoms. The molecule has 1 saturated heterocycles. The minimum absolute atomic E-state index is 0.254. The van der Waals surface area contributed by atoms with Crippen molar-refractivity contribution in [2.45, 2.75) is 45.1 Å². The van der Waals surface area contributed by atoms with E-state index in [2.05, 4.69) is 11.1 Å². The lowest BCUT2D eigenvalue weighted by Gasteiger charge is -2.33. The number of ether oxygens (including phenoxy) is 1. The molecule has 0 unspecified atom stereocenters. The fourth-order valence-corrected chi connectivity index (χ4v) is 2.55. The van der Waals surface area contributed by atoms with Crippen LogP contribution in [0.25, 0.3) is 0 Å². The lowest BCUT2D eigenvalue weighted by Crippen LogP contribution is -2.41. The van der Waals surface area contributed by atoms with Crippen LogP contribution in [0.15, 0.2) is 18.5 Å². The summed E-state index contributed by atoms with van der Waals surface area (Å²) in [4.78, 5) is 17.8. The van der Waals surface area contributed by atoms with Crippen LogP contribution in [0.3, 0.4) is 0 Å². The summed E-state index contributed by atoms with van der Waals surface area (Å²) in [5.41, 5.74) is 1.21. The molecule has 1 fully saturated rings. The second-order valence-electron chi connectivity index (χ2n) is 6.32. The zero-order valence-corrected chi connectivity index (χ0v) is 12.8. The van der Waals surface area contributed by atoms with Crippen molar-refractivity contribution >= 4 is 6.09 Å². The number of hydrogen-bond donors (Lipinski definition) is 0. The van der Waals surface area contributed by atoms with Gasteiger partial charge in [-0.2, -0.15) is 5.26 Å². The van der Waals surface area contributed by atoms with Crippen molar-refractivity contribution in [1.29, 1.82) is 5.26 Å². The van der Waals surface area contributed by atoms with E-state index in [1.807, 2.05) is 26.8 Å². The van der Waals surface area contributed by atoms with Crippen LogP contribution in [0.1, 0.15) is 50.7 Å². The SMILES string of the molecule is CC(C)(C)OC(=O)N1CCC(c2ccncc2C#N)CC1. The van der Waals surface area contributed by atoms with E-state index in [1.165, 1.54) is 0 Å². The van der Waals surface area contributed by atoms with Crippen LogP contribution in [-0.2, 0) is 4.74 Å². The van der Waals surface area contributed by atoms with Crippen molar-refractivity contribution in [2.75, 3.05) is 13.1 Å². The van der Waals surface area contributed by atoms with Gasteiger partial charge in [-0.25, -0.2) is 4.79 Å². The van der Waals surface area contributed by atoms with Gasteiger partial charge in [0.05, 0.1) is 5.56 Å². The third-order valence-electron chi connectivity index (χ3n) is 3.56. The van der Waals surface area contributed by atoms with Crippen LogP contribution < -0.4 is 0 Å². The molecule has 21 heavy (non-hydrogen) atoms. The Bertz CT molecular complexity index is 549. The van der Waals surface area contributed by atoms with Crippen molar-refractivity contribution in [3.05, 3.63) is 29.6 Å². The Morgan fingerprint density at radius 2 is 2.10 bits per heavy atom. The molecule has 0 aliphatic carbocycles. The monoisotopic (exact) mass is 287 g/mol. The quantitative estimate of drug-likeness (QED) is 0.796. The molecule has 0 atom stereocenters. The molecule has 1 aromatic rings. The van der Waals surface area contributed by atoms with Crippen molar-refractivity contribution in [1.82, 2.24) is 9.88 Å². The Balaban J connectivity index is 1.98. The Kier molecular flexibility index (Phi) is 4.46. The molecule has 2 rings (SSSR count). The predicted molar refractivity (Wildman–Crippen MR) is 78.7 cm³/mol. The first-order chi connectivity index (χ1) is 9.90. The van der Waals surface area contributed by atoms with Crippen LogP contribution >= 0.6 is 0 Å². The summed E-state index contributed by atoms with van der Waals surface area (Å²) < 4.78 is 5.39. The Labute approximate surface area is 125 Å². The first-order valence-corrected chi connectivity index (χ1v) is 7.22. The van der Waals surface area contributed by atoms with Gasteiger partial charge < -0.3 is 9.64 Å². The van der Waals surface area contributed by atoms with Gasteiger partial charge in [-0.3, -0.25) is 4.98 Å². The highest BCUT2D eigenvalue weighted by atomic mass is 16.6. The molecule has 0 N–H and O–H groups in total. The molecule has 1 aliphatic heterocycles. The van der Waals surface area contributed by atoms with Gasteiger partial charge in [-0.1, -0.05) is 0 Å². The molecule has 5 nitrogen and oxygen atoms in total. The van der Waals surface area contributed by atoms with Gasteiger partial charge >= 0.3 is 6.09 Å². The smallest absolute Gasteiger partial charge is 0.410 e. The number of rotatable bonds is 1. The predicted octanol–water partition coefficient (Wildman–Crippen LogP) is 3.07. The highest BCUT2D eigenvalue weighted by molar-refractivity contribution is 5.68. The maximum absolute atomic E-state index is 12.0. The van der Waals surface area contributed by atoms with Crippen molar-refractivity contribution in [3.8, 4) is 6.07 Å². The molecule has 1 aliphatic rings. The largest absolute Gasteiger partial charge is 0.444 e. The molecule has 5 heteroatoms. The standard InChI is InChI=1S/C16H21N3O2/c1-16(2,3)21-15(20)19-8-5-12(6-9-19)14-4-7-18-11-13(14)10-17/h4,7,11-12H,5-6,8-9H2,1-3H3. The molecule has 0 aromatic carbocycles. The number of amides is 1. The van der Waals surface area contributed by atoms with Gasteiger partial charge in [0.15, 0.2) is 0 Å². The normalized spacial score (nSPS) is 16.4. The van der Waals surface area contributed by atoms with Crippen LogP contribution in [-0.4, -0.2) is 34.7 Å². The molecular formula is C16H21N3O2. The topological polar surface area (TPSA) is 66.2 Å². The second-order valence-corrected chi connectivity index (χ2v) is 6.32. The minimum Gasteiger partial charge on any atom is -0.444 e. The lowest BCUT2D eigenvalue weighted by molar-refractivity contribution is 0.0205. The molecule has 0 spiro atoms.